The molecule has 0 amide bonds. The number of nitrogens with zero attached hydrogens (tertiary/aromatic N) is 3. The molecular formula is C21H21FN4S. The van der Waals surface area contributed by atoms with Gasteiger partial charge in [0.05, 0.1) is 17.4 Å². The second-order valence-corrected chi connectivity index (χ2v) is 7.27. The van der Waals surface area contributed by atoms with E-state index in [0.29, 0.717) is 10.8 Å². The Labute approximate surface area is 163 Å². The molecule has 0 unspecified atom stereocenters. The number of benzene rings is 1. The number of halogens is 1. The molecule has 6 heteroatoms. The summed E-state index contributed by atoms with van der Waals surface area (Å²) in [6, 6.07) is 16.5. The van der Waals surface area contributed by atoms with Crippen LogP contribution < -0.4 is 10.2 Å². The predicted molar refractivity (Wildman–Crippen MR) is 109 cm³/mol. The first kappa shape index (κ1) is 17.7. The van der Waals surface area contributed by atoms with Crippen molar-refractivity contribution >= 4 is 23.0 Å². The van der Waals surface area contributed by atoms with Gasteiger partial charge >= 0.3 is 0 Å². The van der Waals surface area contributed by atoms with Gasteiger partial charge in [-0.2, -0.15) is 0 Å². The number of nitrogens with one attached hydrogen (secondary N) is 1. The quantitative estimate of drug-likeness (QED) is 0.661. The Balaban J connectivity index is 1.88. The van der Waals surface area contributed by atoms with Crippen LogP contribution in [0.4, 0.5) is 10.1 Å². The minimum Gasteiger partial charge on any atom is -0.351 e. The zero-order chi connectivity index (χ0) is 19.0. The van der Waals surface area contributed by atoms with E-state index in [2.05, 4.69) is 41.0 Å². The highest BCUT2D eigenvalue weighted by Crippen LogP contribution is 2.42. The van der Waals surface area contributed by atoms with E-state index in [1.807, 2.05) is 35.2 Å². The van der Waals surface area contributed by atoms with E-state index in [9.17, 15) is 4.39 Å². The number of rotatable bonds is 4. The zero-order valence-electron chi connectivity index (χ0n) is 15.2. The van der Waals surface area contributed by atoms with E-state index >= 15 is 0 Å². The van der Waals surface area contributed by atoms with Crippen molar-refractivity contribution in [1.82, 2.24) is 14.9 Å². The summed E-state index contributed by atoms with van der Waals surface area (Å²) in [5.74, 6) is -0.295. The second-order valence-electron chi connectivity index (χ2n) is 6.88. The normalized spacial score (nSPS) is 19.6. The van der Waals surface area contributed by atoms with Gasteiger partial charge in [-0.1, -0.05) is 18.2 Å². The van der Waals surface area contributed by atoms with Crippen molar-refractivity contribution in [2.75, 3.05) is 4.90 Å². The van der Waals surface area contributed by atoms with Crippen LogP contribution in [0.15, 0.2) is 67.0 Å². The first-order valence-electron chi connectivity index (χ1n) is 9.00. The van der Waals surface area contributed by atoms with Gasteiger partial charge in [-0.25, -0.2) is 4.39 Å². The molecule has 2 atom stereocenters. The van der Waals surface area contributed by atoms with Gasteiger partial charge in [-0.15, -0.1) is 0 Å². The number of anilines is 1. The molecule has 138 valence electrons. The minimum absolute atomic E-state index is 0.175. The van der Waals surface area contributed by atoms with Crippen molar-refractivity contribution in [3.8, 4) is 0 Å². The summed E-state index contributed by atoms with van der Waals surface area (Å²) in [7, 11) is 0. The van der Waals surface area contributed by atoms with Gasteiger partial charge in [0.15, 0.2) is 5.11 Å². The SMILES string of the molecule is CC(C)n1cccc1[C@H]1[C@@H](c2ccccn2)NC(=S)N1c1ccccc1F. The van der Waals surface area contributed by atoms with E-state index in [0.717, 1.165) is 11.4 Å². The van der Waals surface area contributed by atoms with Crippen LogP contribution in [0.1, 0.15) is 43.4 Å². The summed E-state index contributed by atoms with van der Waals surface area (Å²) in [6.45, 7) is 4.26. The maximum atomic E-state index is 14.7. The first-order valence-corrected chi connectivity index (χ1v) is 9.40. The molecule has 2 aromatic heterocycles. The number of para-hydroxylation sites is 1. The zero-order valence-corrected chi connectivity index (χ0v) is 16.0. The van der Waals surface area contributed by atoms with Crippen LogP contribution in [0.2, 0.25) is 0 Å². The van der Waals surface area contributed by atoms with Crippen LogP contribution in [-0.2, 0) is 0 Å². The second kappa shape index (κ2) is 7.12. The molecule has 1 saturated heterocycles. The number of hydrogen-bond donors (Lipinski definition) is 1. The molecule has 0 spiro atoms. The third-order valence-corrected chi connectivity index (χ3v) is 5.20. The molecule has 27 heavy (non-hydrogen) atoms. The van der Waals surface area contributed by atoms with E-state index < -0.39 is 0 Å². The lowest BCUT2D eigenvalue weighted by Gasteiger charge is -2.30. The molecule has 1 aromatic carbocycles. The van der Waals surface area contributed by atoms with Crippen LogP contribution in [0.5, 0.6) is 0 Å². The molecule has 1 aliphatic heterocycles. The maximum absolute atomic E-state index is 14.7. The summed E-state index contributed by atoms with van der Waals surface area (Å²) in [5.41, 5.74) is 2.41. The van der Waals surface area contributed by atoms with Crippen molar-refractivity contribution < 1.29 is 4.39 Å². The molecule has 1 N–H and O–H groups in total. The predicted octanol–water partition coefficient (Wildman–Crippen LogP) is 4.78. The number of thiocarbonyl (C=S) groups is 1. The van der Waals surface area contributed by atoms with Crippen molar-refractivity contribution in [1.29, 1.82) is 0 Å². The van der Waals surface area contributed by atoms with E-state index in [4.69, 9.17) is 12.2 Å². The third kappa shape index (κ3) is 3.10. The monoisotopic (exact) mass is 380 g/mol. The molecule has 1 fully saturated rings. The lowest BCUT2D eigenvalue weighted by molar-refractivity contribution is 0.494. The smallest absolute Gasteiger partial charge is 0.174 e. The Hall–Kier alpha value is -2.73. The van der Waals surface area contributed by atoms with Crippen LogP contribution >= 0.6 is 12.2 Å². The largest absolute Gasteiger partial charge is 0.351 e. The average molecular weight is 380 g/mol. The van der Waals surface area contributed by atoms with Gasteiger partial charge in [-0.05, 0) is 62.5 Å². The molecule has 3 aromatic rings. The molecule has 0 aliphatic carbocycles. The van der Waals surface area contributed by atoms with Crippen molar-refractivity contribution in [3.05, 3.63) is 84.2 Å². The fourth-order valence-corrected chi connectivity index (χ4v) is 4.03. The Bertz CT molecular complexity index is 954. The highest BCUT2D eigenvalue weighted by atomic mass is 32.1. The summed E-state index contributed by atoms with van der Waals surface area (Å²) in [4.78, 5) is 6.40. The summed E-state index contributed by atoms with van der Waals surface area (Å²) in [6.07, 6.45) is 3.82. The Morgan fingerprint density at radius 2 is 1.85 bits per heavy atom. The van der Waals surface area contributed by atoms with Gasteiger partial charge in [0.25, 0.3) is 0 Å². The molecule has 3 heterocycles. The minimum atomic E-state index is -0.295. The molecule has 4 nitrogen and oxygen atoms in total. The van der Waals surface area contributed by atoms with Crippen LogP contribution in [0, 0.1) is 5.82 Å². The fourth-order valence-electron chi connectivity index (χ4n) is 3.69. The molecule has 1 aliphatic rings. The standard InChI is InChI=1S/C21H21FN4S/c1-14(2)25-13-7-11-18(25)20-19(16-9-5-6-12-23-16)24-21(27)26(20)17-10-4-3-8-15(17)22/h3-14,19-20H,1-2H3,(H,24,27)/t19-,20+/m1/s1. The van der Waals surface area contributed by atoms with Gasteiger partial charge in [0, 0.05) is 24.1 Å². The van der Waals surface area contributed by atoms with Gasteiger partial charge in [0.2, 0.25) is 0 Å². The summed E-state index contributed by atoms with van der Waals surface area (Å²) in [5, 5.41) is 3.86. The van der Waals surface area contributed by atoms with E-state index in [1.165, 1.54) is 6.07 Å². The lowest BCUT2D eigenvalue weighted by atomic mass is 10.0. The van der Waals surface area contributed by atoms with Crippen LogP contribution in [-0.4, -0.2) is 14.7 Å². The maximum Gasteiger partial charge on any atom is 0.174 e. The van der Waals surface area contributed by atoms with Gasteiger partial charge in [-0.3, -0.25) is 4.98 Å². The molecular weight excluding hydrogens is 359 g/mol. The van der Waals surface area contributed by atoms with Crippen molar-refractivity contribution in [2.45, 2.75) is 32.0 Å². The average Bonchev–Trinajstić information content (AvgIpc) is 3.27. The Kier molecular flexibility index (Phi) is 4.66. The molecule has 0 radical (unpaired) electrons. The number of hydrogen-bond acceptors (Lipinski definition) is 2. The molecule has 0 bridgehead atoms. The van der Waals surface area contributed by atoms with E-state index in [-0.39, 0.29) is 23.9 Å². The van der Waals surface area contributed by atoms with Crippen LogP contribution in [0.3, 0.4) is 0 Å². The molecule has 4 rings (SSSR count). The Morgan fingerprint density at radius 3 is 2.56 bits per heavy atom. The van der Waals surface area contributed by atoms with Crippen molar-refractivity contribution in [3.63, 3.8) is 0 Å². The topological polar surface area (TPSA) is 33.1 Å². The highest BCUT2D eigenvalue weighted by molar-refractivity contribution is 7.80. The van der Waals surface area contributed by atoms with Crippen LogP contribution in [0.25, 0.3) is 0 Å². The van der Waals surface area contributed by atoms with Gasteiger partial charge in [0.1, 0.15) is 11.9 Å². The summed E-state index contributed by atoms with van der Waals surface area (Å²) >= 11 is 5.63. The highest BCUT2D eigenvalue weighted by Gasteiger charge is 2.42. The fraction of sp³-hybridized carbons (Fsp3) is 0.238. The number of pyridine rings is 1. The summed E-state index contributed by atoms with van der Waals surface area (Å²) < 4.78 is 16.9. The van der Waals surface area contributed by atoms with E-state index in [1.54, 1.807) is 18.3 Å². The lowest BCUT2D eigenvalue weighted by Crippen LogP contribution is -2.31. The third-order valence-electron chi connectivity index (χ3n) is 4.88. The Morgan fingerprint density at radius 1 is 1.07 bits per heavy atom. The number of aromatic nitrogens is 2. The molecule has 0 saturated carbocycles. The van der Waals surface area contributed by atoms with Crippen molar-refractivity contribution in [2.24, 2.45) is 0 Å². The first-order chi connectivity index (χ1) is 13.1. The van der Waals surface area contributed by atoms with Gasteiger partial charge < -0.3 is 14.8 Å².